The monoisotopic (exact) mass is 650 g/mol. The van der Waals surface area contributed by atoms with Gasteiger partial charge in [-0.1, -0.05) is 60.7 Å². The minimum atomic E-state index is 0.878. The van der Waals surface area contributed by atoms with Crippen LogP contribution in [0.3, 0.4) is 0 Å². The first-order valence-electron chi connectivity index (χ1n) is 16.7. The number of thiophene rings is 1. The number of hydrogen-bond acceptors (Lipinski definition) is 4. The standard InChI is InChI=1S/C45H34N2OS/c1-29-12-10-18-34(24-29)46(32-14-6-4-7-15-32)35-20-22-40-38(26-35)44-31(3)25-37(28-41(44)48-40)47(33-16-8-5-9-17-33)36-21-23-42-39(27-36)45-30(2)13-11-19-43(45)49-42/h4-28H,1-3H3. The number of furan rings is 1. The van der Waals surface area contributed by atoms with Crippen molar-refractivity contribution in [1.82, 2.24) is 0 Å². The lowest BCUT2D eigenvalue weighted by Crippen LogP contribution is -2.10. The quantitative estimate of drug-likeness (QED) is 0.179. The average Bonchev–Trinajstić information content (AvgIpc) is 3.68. The van der Waals surface area contributed by atoms with Gasteiger partial charge >= 0.3 is 0 Å². The number of benzene rings is 7. The van der Waals surface area contributed by atoms with Crippen LogP contribution < -0.4 is 9.80 Å². The molecule has 0 saturated carbocycles. The van der Waals surface area contributed by atoms with E-state index in [2.05, 4.69) is 182 Å². The second kappa shape index (κ2) is 11.7. The Balaban J connectivity index is 1.21. The molecule has 2 heterocycles. The number of anilines is 6. The summed E-state index contributed by atoms with van der Waals surface area (Å²) in [7, 11) is 0. The molecule has 0 N–H and O–H groups in total. The molecule has 0 aliphatic rings. The summed E-state index contributed by atoms with van der Waals surface area (Å²) in [6.45, 7) is 6.55. The number of nitrogens with zero attached hydrogens (tertiary/aromatic N) is 2. The van der Waals surface area contributed by atoms with Gasteiger partial charge in [0.05, 0.1) is 5.69 Å². The number of rotatable bonds is 6. The van der Waals surface area contributed by atoms with Crippen molar-refractivity contribution in [3.05, 3.63) is 168 Å². The molecular formula is C45H34N2OS. The zero-order chi connectivity index (χ0) is 33.1. The first-order chi connectivity index (χ1) is 24.0. The highest BCUT2D eigenvalue weighted by Gasteiger charge is 2.20. The van der Waals surface area contributed by atoms with Crippen LogP contribution >= 0.6 is 11.3 Å². The van der Waals surface area contributed by atoms with Crippen LogP contribution in [-0.2, 0) is 0 Å². The van der Waals surface area contributed by atoms with Gasteiger partial charge in [-0.3, -0.25) is 0 Å². The highest BCUT2D eigenvalue weighted by atomic mass is 32.1. The van der Waals surface area contributed by atoms with Gasteiger partial charge in [0.25, 0.3) is 0 Å². The van der Waals surface area contributed by atoms with Crippen LogP contribution in [0.5, 0.6) is 0 Å². The van der Waals surface area contributed by atoms with Crippen LogP contribution in [0.15, 0.2) is 156 Å². The van der Waals surface area contributed by atoms with Crippen molar-refractivity contribution in [1.29, 1.82) is 0 Å². The maximum atomic E-state index is 6.65. The molecule has 0 aliphatic carbocycles. The molecule has 49 heavy (non-hydrogen) atoms. The normalized spacial score (nSPS) is 11.6. The van der Waals surface area contributed by atoms with E-state index in [0.29, 0.717) is 0 Å². The van der Waals surface area contributed by atoms with Crippen molar-refractivity contribution in [2.24, 2.45) is 0 Å². The van der Waals surface area contributed by atoms with E-state index in [9.17, 15) is 0 Å². The average molecular weight is 651 g/mol. The summed E-state index contributed by atoms with van der Waals surface area (Å²) in [6, 6.07) is 54.4. The van der Waals surface area contributed by atoms with Gasteiger partial charge in [0.1, 0.15) is 11.2 Å². The highest BCUT2D eigenvalue weighted by molar-refractivity contribution is 7.25. The SMILES string of the molecule is Cc1cccc(N(c2ccccc2)c2ccc3oc4cc(N(c5ccccc5)c5ccc6sc7cccc(C)c7c6c5)cc(C)c4c3c2)c1. The Bertz CT molecular complexity index is 2650. The Morgan fingerprint density at radius 3 is 1.78 bits per heavy atom. The Labute approximate surface area is 289 Å². The van der Waals surface area contributed by atoms with Gasteiger partial charge in [-0.2, -0.15) is 0 Å². The summed E-state index contributed by atoms with van der Waals surface area (Å²) in [5.74, 6) is 0. The molecular weight excluding hydrogens is 617 g/mol. The summed E-state index contributed by atoms with van der Waals surface area (Å²) in [5.41, 5.74) is 12.1. The fraction of sp³-hybridized carbons (Fsp3) is 0.0667. The van der Waals surface area contributed by atoms with Crippen LogP contribution in [0.4, 0.5) is 34.1 Å². The molecule has 0 unspecified atom stereocenters. The molecule has 236 valence electrons. The summed E-state index contributed by atoms with van der Waals surface area (Å²) in [4.78, 5) is 4.67. The lowest BCUT2D eigenvalue weighted by atomic mass is 10.0. The molecule has 9 aromatic rings. The topological polar surface area (TPSA) is 19.6 Å². The molecule has 9 rings (SSSR count). The van der Waals surface area contributed by atoms with Crippen LogP contribution in [0.25, 0.3) is 42.1 Å². The fourth-order valence-electron chi connectivity index (χ4n) is 7.30. The molecule has 7 aromatic carbocycles. The van der Waals surface area contributed by atoms with Crippen molar-refractivity contribution in [2.75, 3.05) is 9.80 Å². The molecule has 0 bridgehead atoms. The second-order valence-electron chi connectivity index (χ2n) is 12.8. The number of fused-ring (bicyclic) bond motifs is 6. The van der Waals surface area contributed by atoms with Crippen molar-refractivity contribution < 1.29 is 4.42 Å². The van der Waals surface area contributed by atoms with Gasteiger partial charge in [-0.15, -0.1) is 11.3 Å². The zero-order valence-electron chi connectivity index (χ0n) is 27.6. The molecule has 0 fully saturated rings. The van der Waals surface area contributed by atoms with Gasteiger partial charge < -0.3 is 14.2 Å². The smallest absolute Gasteiger partial charge is 0.137 e. The molecule has 3 nitrogen and oxygen atoms in total. The summed E-state index contributed by atoms with van der Waals surface area (Å²) < 4.78 is 9.28. The lowest BCUT2D eigenvalue weighted by Gasteiger charge is -2.26. The minimum Gasteiger partial charge on any atom is -0.456 e. The van der Waals surface area contributed by atoms with Crippen LogP contribution in [0, 0.1) is 20.8 Å². The largest absolute Gasteiger partial charge is 0.456 e. The van der Waals surface area contributed by atoms with Crippen LogP contribution in [0.1, 0.15) is 16.7 Å². The molecule has 2 aromatic heterocycles. The third kappa shape index (κ3) is 5.04. The highest BCUT2D eigenvalue weighted by Crippen LogP contribution is 2.45. The molecule has 4 heteroatoms. The first kappa shape index (κ1) is 29.3. The molecule has 0 spiro atoms. The van der Waals surface area contributed by atoms with Gasteiger partial charge in [-0.05, 0) is 122 Å². The van der Waals surface area contributed by atoms with Gasteiger partial charge in [0, 0.05) is 65.4 Å². The molecule has 0 atom stereocenters. The van der Waals surface area contributed by atoms with E-state index in [4.69, 9.17) is 4.42 Å². The van der Waals surface area contributed by atoms with Gasteiger partial charge in [0.15, 0.2) is 0 Å². The van der Waals surface area contributed by atoms with Crippen molar-refractivity contribution in [2.45, 2.75) is 20.8 Å². The second-order valence-corrected chi connectivity index (χ2v) is 13.9. The van der Waals surface area contributed by atoms with Crippen molar-refractivity contribution >= 4 is 87.6 Å². The van der Waals surface area contributed by atoms with E-state index >= 15 is 0 Å². The molecule has 0 aliphatic heterocycles. The summed E-state index contributed by atoms with van der Waals surface area (Å²) in [5, 5.41) is 4.88. The van der Waals surface area contributed by atoms with Gasteiger partial charge in [0.2, 0.25) is 0 Å². The third-order valence-electron chi connectivity index (χ3n) is 9.49. The Morgan fingerprint density at radius 2 is 1.04 bits per heavy atom. The van der Waals surface area contributed by atoms with Crippen LogP contribution in [0.2, 0.25) is 0 Å². The lowest BCUT2D eigenvalue weighted by molar-refractivity contribution is 0.669. The number of hydrogen-bond donors (Lipinski definition) is 0. The zero-order valence-corrected chi connectivity index (χ0v) is 28.5. The predicted molar refractivity (Wildman–Crippen MR) is 210 cm³/mol. The number of aryl methyl sites for hydroxylation is 3. The van der Waals surface area contributed by atoms with Crippen molar-refractivity contribution in [3.63, 3.8) is 0 Å². The van der Waals surface area contributed by atoms with E-state index < -0.39 is 0 Å². The predicted octanol–water partition coefficient (Wildman–Crippen LogP) is 13.8. The molecule has 0 radical (unpaired) electrons. The summed E-state index contributed by atoms with van der Waals surface area (Å²) >= 11 is 1.86. The first-order valence-corrected chi connectivity index (χ1v) is 17.5. The van der Waals surface area contributed by atoms with E-state index in [0.717, 1.165) is 56.1 Å². The Hall–Kier alpha value is -5.84. The maximum Gasteiger partial charge on any atom is 0.137 e. The summed E-state index contributed by atoms with van der Waals surface area (Å²) in [6.07, 6.45) is 0. The van der Waals surface area contributed by atoms with Crippen molar-refractivity contribution in [3.8, 4) is 0 Å². The third-order valence-corrected chi connectivity index (χ3v) is 10.6. The van der Waals surface area contributed by atoms with Gasteiger partial charge in [-0.25, -0.2) is 0 Å². The van der Waals surface area contributed by atoms with Crippen LogP contribution in [-0.4, -0.2) is 0 Å². The van der Waals surface area contributed by atoms with E-state index in [1.54, 1.807) is 0 Å². The molecule has 0 amide bonds. The molecule has 0 saturated heterocycles. The fourth-order valence-corrected chi connectivity index (χ4v) is 8.46. The Morgan fingerprint density at radius 1 is 0.408 bits per heavy atom. The van der Waals surface area contributed by atoms with E-state index in [-0.39, 0.29) is 0 Å². The maximum absolute atomic E-state index is 6.65. The van der Waals surface area contributed by atoms with E-state index in [1.165, 1.54) is 36.9 Å². The minimum absolute atomic E-state index is 0.878. The number of para-hydroxylation sites is 2. The Kier molecular flexibility index (Phi) is 6.99. The van der Waals surface area contributed by atoms with E-state index in [1.807, 2.05) is 11.3 Å².